The van der Waals surface area contributed by atoms with Crippen LogP contribution in [0.2, 0.25) is 0 Å². The maximum absolute atomic E-state index is 14.6. The second-order valence-corrected chi connectivity index (χ2v) is 19.0. The Bertz CT molecular complexity index is 1880. The average molecular weight is 908 g/mol. The molecule has 2 heterocycles. The number of ether oxygens (including phenoxy) is 4. The van der Waals surface area contributed by atoms with Crippen molar-refractivity contribution < 1.29 is 47.7 Å². The Morgan fingerprint density at radius 2 is 1.62 bits per heavy atom. The van der Waals surface area contributed by atoms with Gasteiger partial charge in [0.2, 0.25) is 11.8 Å². The largest absolute Gasteiger partial charge is 0.469 e. The quantitative estimate of drug-likeness (QED) is 0.0861. The van der Waals surface area contributed by atoms with Gasteiger partial charge in [0.25, 0.3) is 5.91 Å². The molecule has 0 radical (unpaired) electrons. The van der Waals surface area contributed by atoms with Crippen LogP contribution in [0.1, 0.15) is 128 Å². The van der Waals surface area contributed by atoms with Crippen molar-refractivity contribution in [2.24, 2.45) is 29.6 Å². The molecule has 0 saturated carbocycles. The summed E-state index contributed by atoms with van der Waals surface area (Å²) in [6, 6.07) is 10.3. The number of hydrogen-bond acceptors (Lipinski definition) is 12. The van der Waals surface area contributed by atoms with Gasteiger partial charge in [0.15, 0.2) is 0 Å². The third-order valence-electron chi connectivity index (χ3n) is 12.6. The molecule has 1 aliphatic heterocycles. The van der Waals surface area contributed by atoms with Crippen LogP contribution in [0.3, 0.4) is 0 Å². The molecule has 65 heavy (non-hydrogen) atoms. The molecule has 1 aliphatic rings. The summed E-state index contributed by atoms with van der Waals surface area (Å²) >= 11 is 0. The van der Waals surface area contributed by atoms with Crippen LogP contribution >= 0.6 is 0 Å². The Morgan fingerprint density at radius 3 is 2.20 bits per heavy atom. The third-order valence-corrected chi connectivity index (χ3v) is 12.6. The maximum Gasteiger partial charge on any atom is 0.309 e. The summed E-state index contributed by atoms with van der Waals surface area (Å²) in [6.07, 6.45) is 1.94. The van der Waals surface area contributed by atoms with E-state index in [4.69, 9.17) is 18.9 Å². The second-order valence-electron chi connectivity index (χ2n) is 19.0. The van der Waals surface area contributed by atoms with Crippen molar-refractivity contribution in [2.75, 3.05) is 41.5 Å². The number of aryl methyl sites for hydroxylation is 1. The van der Waals surface area contributed by atoms with Gasteiger partial charge in [0, 0.05) is 71.1 Å². The monoisotopic (exact) mass is 908 g/mol. The Hall–Kier alpha value is -4.76. The SMILES string of the molecule is CC[C@H](C)[C@@H]([C@@H](CC(=O)N1CCC[C@H]1[C@H](OC)[C@@H](C)C(=O)C[C@@H](Cc1ccccc1)C(=O)OC)OC)N(C)C(=O)[C@@H](Cc1nc(C)cc(C(=O)NCCCC(=O)OC(C)(C)C)n1)C(C)C. The minimum Gasteiger partial charge on any atom is -0.469 e. The summed E-state index contributed by atoms with van der Waals surface area (Å²) in [5, 5.41) is 2.82. The molecule has 0 bridgehead atoms. The highest BCUT2D eigenvalue weighted by molar-refractivity contribution is 5.92. The number of likely N-dealkylation sites (tertiary alicyclic amines) is 1. The lowest BCUT2D eigenvalue weighted by Gasteiger charge is -2.40. The number of carbonyl (C=O) groups is 6. The standard InChI is InChI=1S/C50H77N5O10/c1-14-32(4)45(54(10)48(60)37(31(2)3)29-42-52-33(5)26-38(53-42)47(59)51-24-18-23-44(58)65-50(7,8)9)41(62-11)30-43(57)55-25-19-22-39(55)46(63-12)34(6)40(56)28-36(49(61)64-13)27-35-20-16-15-17-21-35/h15-17,20-21,26,31-32,34,36-37,39,41,45-46H,14,18-19,22-25,27-30H2,1-13H3,(H,51,59)/t32-,34-,36+,37-,39-,41+,45-,46+/m0/s1. The van der Waals surface area contributed by atoms with E-state index in [0.717, 1.165) is 12.0 Å². The molecule has 3 amide bonds. The zero-order chi connectivity index (χ0) is 48.6. The minimum atomic E-state index is -0.658. The number of rotatable bonds is 25. The van der Waals surface area contributed by atoms with Crippen LogP contribution in [-0.2, 0) is 55.8 Å². The molecule has 362 valence electrons. The van der Waals surface area contributed by atoms with Crippen LogP contribution in [-0.4, -0.2) is 127 Å². The van der Waals surface area contributed by atoms with Gasteiger partial charge in [-0.05, 0) is 76.8 Å². The van der Waals surface area contributed by atoms with E-state index in [0.29, 0.717) is 43.7 Å². The molecule has 0 unspecified atom stereocenters. The van der Waals surface area contributed by atoms with Gasteiger partial charge in [-0.1, -0.05) is 71.4 Å². The number of esters is 2. The van der Waals surface area contributed by atoms with Crippen LogP contribution < -0.4 is 5.32 Å². The fourth-order valence-electron chi connectivity index (χ4n) is 8.89. The van der Waals surface area contributed by atoms with Crippen molar-refractivity contribution in [2.45, 2.75) is 150 Å². The number of likely N-dealkylation sites (N-methyl/N-ethyl adjacent to an activating group) is 1. The van der Waals surface area contributed by atoms with Gasteiger partial charge in [0.1, 0.15) is 22.9 Å². The van der Waals surface area contributed by atoms with E-state index >= 15 is 0 Å². The lowest BCUT2D eigenvalue weighted by atomic mass is 9.85. The molecule has 1 saturated heterocycles. The normalized spacial score (nSPS) is 17.3. The lowest BCUT2D eigenvalue weighted by Crippen LogP contribution is -2.54. The summed E-state index contributed by atoms with van der Waals surface area (Å²) in [6.45, 7) is 17.7. The summed E-state index contributed by atoms with van der Waals surface area (Å²) in [5.41, 5.74) is 1.10. The molecule has 3 rings (SSSR count). The van der Waals surface area contributed by atoms with Crippen LogP contribution in [0, 0.1) is 36.5 Å². The molecular weight excluding hydrogens is 831 g/mol. The van der Waals surface area contributed by atoms with E-state index in [9.17, 15) is 28.8 Å². The molecule has 1 N–H and O–H groups in total. The van der Waals surface area contributed by atoms with E-state index in [-0.39, 0.29) is 79.4 Å². The van der Waals surface area contributed by atoms with Crippen LogP contribution in [0.15, 0.2) is 36.4 Å². The first-order valence-electron chi connectivity index (χ1n) is 23.3. The molecule has 2 aromatic rings. The minimum absolute atomic E-state index is 0.00343. The molecular formula is C50H77N5O10. The van der Waals surface area contributed by atoms with Crippen molar-refractivity contribution in [3.63, 3.8) is 0 Å². The van der Waals surface area contributed by atoms with Crippen molar-refractivity contribution in [3.05, 3.63) is 59.2 Å². The molecule has 15 nitrogen and oxygen atoms in total. The highest BCUT2D eigenvalue weighted by Crippen LogP contribution is 2.32. The summed E-state index contributed by atoms with van der Waals surface area (Å²) in [4.78, 5) is 93.6. The van der Waals surface area contributed by atoms with Crippen LogP contribution in [0.25, 0.3) is 0 Å². The number of benzene rings is 1. The molecule has 1 aromatic carbocycles. The summed E-state index contributed by atoms with van der Waals surface area (Å²) < 4.78 is 22.5. The fourth-order valence-corrected chi connectivity index (χ4v) is 8.89. The van der Waals surface area contributed by atoms with E-state index in [1.807, 2.05) is 58.0 Å². The second kappa shape index (κ2) is 25.8. The van der Waals surface area contributed by atoms with E-state index in [1.54, 1.807) is 71.8 Å². The highest BCUT2D eigenvalue weighted by Gasteiger charge is 2.43. The zero-order valence-electron chi connectivity index (χ0n) is 41.3. The number of methoxy groups -OCH3 is 3. The van der Waals surface area contributed by atoms with Gasteiger partial charge in [-0.3, -0.25) is 28.8 Å². The lowest BCUT2D eigenvalue weighted by molar-refractivity contribution is -0.155. The van der Waals surface area contributed by atoms with Gasteiger partial charge < -0.3 is 34.1 Å². The first kappa shape index (κ1) is 54.6. The maximum atomic E-state index is 14.6. The molecule has 0 spiro atoms. The van der Waals surface area contributed by atoms with E-state index < -0.39 is 53.5 Å². The average Bonchev–Trinajstić information content (AvgIpc) is 3.75. The molecule has 8 atom stereocenters. The highest BCUT2D eigenvalue weighted by atomic mass is 16.6. The van der Waals surface area contributed by atoms with Crippen LogP contribution in [0.5, 0.6) is 0 Å². The van der Waals surface area contributed by atoms with Gasteiger partial charge >= 0.3 is 11.9 Å². The van der Waals surface area contributed by atoms with E-state index in [2.05, 4.69) is 15.3 Å². The third kappa shape index (κ3) is 16.3. The summed E-state index contributed by atoms with van der Waals surface area (Å²) in [5.74, 6) is -3.27. The molecule has 1 fully saturated rings. The first-order valence-corrected chi connectivity index (χ1v) is 23.3. The number of aromatic nitrogens is 2. The Kier molecular flexibility index (Phi) is 21.7. The Labute approximate surface area is 387 Å². The molecule has 15 heteroatoms. The number of ketones is 1. The first-order chi connectivity index (χ1) is 30.6. The van der Waals surface area contributed by atoms with Gasteiger partial charge in [-0.15, -0.1) is 0 Å². The number of amides is 3. The smallest absolute Gasteiger partial charge is 0.309 e. The van der Waals surface area contributed by atoms with Crippen molar-refractivity contribution >= 4 is 35.4 Å². The Morgan fingerprint density at radius 1 is 0.938 bits per heavy atom. The molecule has 1 aromatic heterocycles. The van der Waals surface area contributed by atoms with Crippen molar-refractivity contribution in [1.82, 2.24) is 25.1 Å². The number of nitrogens with one attached hydrogen (secondary N) is 1. The zero-order valence-corrected chi connectivity index (χ0v) is 41.3. The van der Waals surface area contributed by atoms with Gasteiger partial charge in [-0.2, -0.15) is 0 Å². The Balaban J connectivity index is 1.76. The number of Topliss-reactive ketones (excluding diaryl/α,β-unsaturated/α-hetero) is 1. The van der Waals surface area contributed by atoms with Crippen LogP contribution in [0.4, 0.5) is 0 Å². The fraction of sp³-hybridized carbons (Fsp3) is 0.680. The number of hydrogen-bond donors (Lipinski definition) is 1. The van der Waals surface area contributed by atoms with Gasteiger partial charge in [0.05, 0.1) is 43.7 Å². The van der Waals surface area contributed by atoms with Crippen molar-refractivity contribution in [1.29, 1.82) is 0 Å². The number of nitrogens with zero attached hydrogens (tertiary/aromatic N) is 4. The predicted octanol–water partition coefficient (Wildman–Crippen LogP) is 6.36. The van der Waals surface area contributed by atoms with Gasteiger partial charge in [-0.25, -0.2) is 9.97 Å². The van der Waals surface area contributed by atoms with Crippen molar-refractivity contribution in [3.8, 4) is 0 Å². The predicted molar refractivity (Wildman–Crippen MR) is 248 cm³/mol. The summed E-state index contributed by atoms with van der Waals surface area (Å²) in [7, 11) is 6.19. The topological polar surface area (TPSA) is 184 Å². The molecule has 0 aliphatic carbocycles. The number of carbonyl (C=O) groups excluding carboxylic acids is 6. The van der Waals surface area contributed by atoms with E-state index in [1.165, 1.54) is 7.11 Å².